The quantitative estimate of drug-likeness (QED) is 0.773. The van der Waals surface area contributed by atoms with E-state index in [-0.39, 0.29) is 0 Å². The average molecular weight is 247 g/mol. The molecule has 0 bridgehead atoms. The molecule has 2 rings (SSSR count). The summed E-state index contributed by atoms with van der Waals surface area (Å²) in [5.74, 6) is 0.815. The van der Waals surface area contributed by atoms with Crippen molar-refractivity contribution in [3.05, 3.63) is 64.2 Å². The van der Waals surface area contributed by atoms with E-state index in [4.69, 9.17) is 16.3 Å². The van der Waals surface area contributed by atoms with E-state index in [9.17, 15) is 0 Å². The Morgan fingerprint density at radius 3 is 2.29 bits per heavy atom. The zero-order chi connectivity index (χ0) is 12.3. The lowest BCUT2D eigenvalue weighted by Crippen LogP contribution is -1.95. The van der Waals surface area contributed by atoms with Crippen molar-refractivity contribution >= 4 is 11.6 Å². The summed E-state index contributed by atoms with van der Waals surface area (Å²) in [5, 5.41) is 0.712. The fourth-order valence-electron chi connectivity index (χ4n) is 1.64. The number of hydrogen-bond donors (Lipinski definition) is 0. The van der Waals surface area contributed by atoms with Crippen LogP contribution in [0.25, 0.3) is 0 Å². The third-order valence-electron chi connectivity index (χ3n) is 2.54. The number of halogens is 1. The molecule has 17 heavy (non-hydrogen) atoms. The van der Waals surface area contributed by atoms with Crippen molar-refractivity contribution in [2.45, 2.75) is 20.5 Å². The summed E-state index contributed by atoms with van der Waals surface area (Å²) in [7, 11) is 0. The molecule has 0 heterocycles. The van der Waals surface area contributed by atoms with E-state index >= 15 is 0 Å². The Morgan fingerprint density at radius 1 is 0.941 bits per heavy atom. The number of rotatable bonds is 3. The van der Waals surface area contributed by atoms with E-state index in [1.165, 1.54) is 5.56 Å². The SMILES string of the molecule is Cc1ccc(COc2cc(C)cc(Cl)c2)cc1. The van der Waals surface area contributed by atoms with E-state index in [1.54, 1.807) is 0 Å². The predicted octanol–water partition coefficient (Wildman–Crippen LogP) is 4.54. The number of aryl methyl sites for hydroxylation is 2. The Morgan fingerprint density at radius 2 is 1.65 bits per heavy atom. The smallest absolute Gasteiger partial charge is 0.121 e. The van der Waals surface area contributed by atoms with Crippen molar-refractivity contribution in [3.8, 4) is 5.75 Å². The van der Waals surface area contributed by atoms with Gasteiger partial charge in [-0.3, -0.25) is 0 Å². The van der Waals surface area contributed by atoms with E-state index in [0.29, 0.717) is 11.6 Å². The summed E-state index contributed by atoms with van der Waals surface area (Å²) in [6.45, 7) is 4.65. The van der Waals surface area contributed by atoms with Gasteiger partial charge in [-0.15, -0.1) is 0 Å². The topological polar surface area (TPSA) is 9.23 Å². The second-order valence-electron chi connectivity index (χ2n) is 4.24. The molecule has 0 aromatic heterocycles. The molecule has 2 aromatic carbocycles. The van der Waals surface area contributed by atoms with E-state index in [1.807, 2.05) is 25.1 Å². The maximum Gasteiger partial charge on any atom is 0.121 e. The van der Waals surface area contributed by atoms with Crippen molar-refractivity contribution in [2.75, 3.05) is 0 Å². The van der Waals surface area contributed by atoms with Gasteiger partial charge in [0.2, 0.25) is 0 Å². The maximum atomic E-state index is 5.97. The Bertz CT molecular complexity index is 483. The molecule has 0 spiro atoms. The summed E-state index contributed by atoms with van der Waals surface area (Å²) >= 11 is 5.97. The third-order valence-corrected chi connectivity index (χ3v) is 2.76. The first-order chi connectivity index (χ1) is 8.13. The van der Waals surface area contributed by atoms with Gasteiger partial charge in [-0.1, -0.05) is 41.4 Å². The number of benzene rings is 2. The van der Waals surface area contributed by atoms with Crippen LogP contribution in [0.15, 0.2) is 42.5 Å². The van der Waals surface area contributed by atoms with Crippen LogP contribution in [-0.4, -0.2) is 0 Å². The van der Waals surface area contributed by atoms with Gasteiger partial charge in [-0.25, -0.2) is 0 Å². The van der Waals surface area contributed by atoms with Gasteiger partial charge in [0.15, 0.2) is 0 Å². The molecular weight excluding hydrogens is 232 g/mol. The van der Waals surface area contributed by atoms with Crippen LogP contribution in [0.5, 0.6) is 5.75 Å². The maximum absolute atomic E-state index is 5.97. The number of ether oxygens (including phenoxy) is 1. The van der Waals surface area contributed by atoms with Gasteiger partial charge in [0.25, 0.3) is 0 Å². The Balaban J connectivity index is 2.04. The molecule has 0 saturated heterocycles. The molecule has 0 aliphatic heterocycles. The van der Waals surface area contributed by atoms with Gasteiger partial charge in [-0.05, 0) is 43.2 Å². The summed E-state index contributed by atoms with van der Waals surface area (Å²) in [5.41, 5.74) is 3.52. The highest BCUT2D eigenvalue weighted by atomic mass is 35.5. The minimum atomic E-state index is 0.570. The van der Waals surface area contributed by atoms with E-state index < -0.39 is 0 Å². The van der Waals surface area contributed by atoms with Crippen LogP contribution < -0.4 is 4.74 Å². The molecule has 0 unspecified atom stereocenters. The van der Waals surface area contributed by atoms with Crippen LogP contribution in [0.2, 0.25) is 5.02 Å². The summed E-state index contributed by atoms with van der Waals surface area (Å²) in [6.07, 6.45) is 0. The van der Waals surface area contributed by atoms with Crippen molar-refractivity contribution in [1.82, 2.24) is 0 Å². The molecule has 0 radical (unpaired) electrons. The van der Waals surface area contributed by atoms with Crippen LogP contribution in [0.4, 0.5) is 0 Å². The monoisotopic (exact) mass is 246 g/mol. The highest BCUT2D eigenvalue weighted by Crippen LogP contribution is 2.21. The average Bonchev–Trinajstić information content (AvgIpc) is 2.27. The fourth-order valence-corrected chi connectivity index (χ4v) is 1.92. The Labute approximate surface area is 107 Å². The van der Waals surface area contributed by atoms with Crippen molar-refractivity contribution in [2.24, 2.45) is 0 Å². The van der Waals surface area contributed by atoms with Crippen LogP contribution >= 0.6 is 11.6 Å². The predicted molar refractivity (Wildman–Crippen MR) is 71.7 cm³/mol. The number of hydrogen-bond acceptors (Lipinski definition) is 1. The van der Waals surface area contributed by atoms with Gasteiger partial charge < -0.3 is 4.74 Å². The van der Waals surface area contributed by atoms with Crippen LogP contribution in [0.3, 0.4) is 0 Å². The summed E-state index contributed by atoms with van der Waals surface area (Å²) in [4.78, 5) is 0. The first kappa shape index (κ1) is 12.0. The van der Waals surface area contributed by atoms with Crippen molar-refractivity contribution in [1.29, 1.82) is 0 Å². The molecule has 88 valence electrons. The second kappa shape index (κ2) is 5.24. The molecule has 2 heteroatoms. The fraction of sp³-hybridized carbons (Fsp3) is 0.200. The molecule has 0 aliphatic rings. The normalized spacial score (nSPS) is 10.3. The molecule has 0 amide bonds. The lowest BCUT2D eigenvalue weighted by atomic mass is 10.2. The van der Waals surface area contributed by atoms with Gasteiger partial charge in [0, 0.05) is 5.02 Å². The standard InChI is InChI=1S/C15H15ClO/c1-11-3-5-13(6-4-11)10-17-15-8-12(2)7-14(16)9-15/h3-9H,10H2,1-2H3. The minimum Gasteiger partial charge on any atom is -0.489 e. The van der Waals surface area contributed by atoms with Crippen molar-refractivity contribution in [3.63, 3.8) is 0 Å². The van der Waals surface area contributed by atoms with Gasteiger partial charge >= 0.3 is 0 Å². The van der Waals surface area contributed by atoms with E-state index in [2.05, 4.69) is 31.2 Å². The van der Waals surface area contributed by atoms with Crippen LogP contribution in [-0.2, 0) is 6.61 Å². The molecule has 0 N–H and O–H groups in total. The highest BCUT2D eigenvalue weighted by molar-refractivity contribution is 6.30. The zero-order valence-electron chi connectivity index (χ0n) is 10.0. The third kappa shape index (κ3) is 3.50. The van der Waals surface area contributed by atoms with Gasteiger partial charge in [0.1, 0.15) is 12.4 Å². The molecule has 0 saturated carbocycles. The molecule has 2 aromatic rings. The highest BCUT2D eigenvalue weighted by Gasteiger charge is 1.99. The van der Waals surface area contributed by atoms with E-state index in [0.717, 1.165) is 16.9 Å². The lowest BCUT2D eigenvalue weighted by molar-refractivity contribution is 0.306. The molecule has 0 aliphatic carbocycles. The lowest BCUT2D eigenvalue weighted by Gasteiger charge is -2.08. The first-order valence-electron chi connectivity index (χ1n) is 5.59. The second-order valence-corrected chi connectivity index (χ2v) is 4.67. The largest absolute Gasteiger partial charge is 0.489 e. The Kier molecular flexibility index (Phi) is 3.70. The van der Waals surface area contributed by atoms with Gasteiger partial charge in [-0.2, -0.15) is 0 Å². The molecule has 0 fully saturated rings. The van der Waals surface area contributed by atoms with Gasteiger partial charge in [0.05, 0.1) is 0 Å². The Hall–Kier alpha value is -1.47. The molecule has 0 atom stereocenters. The zero-order valence-corrected chi connectivity index (χ0v) is 10.8. The first-order valence-corrected chi connectivity index (χ1v) is 5.97. The molecule has 1 nitrogen and oxygen atoms in total. The van der Waals surface area contributed by atoms with Crippen LogP contribution in [0.1, 0.15) is 16.7 Å². The van der Waals surface area contributed by atoms with Crippen LogP contribution in [0, 0.1) is 13.8 Å². The molecular formula is C15H15ClO. The minimum absolute atomic E-state index is 0.570. The summed E-state index contributed by atoms with van der Waals surface area (Å²) < 4.78 is 5.71. The summed E-state index contributed by atoms with van der Waals surface area (Å²) in [6, 6.07) is 14.1. The van der Waals surface area contributed by atoms with Crippen molar-refractivity contribution < 1.29 is 4.74 Å².